The molecule has 1 atom stereocenters. The Bertz CT molecular complexity index is 243. The summed E-state index contributed by atoms with van der Waals surface area (Å²) in [4.78, 5) is 14.4. The second-order valence-corrected chi connectivity index (χ2v) is 6.43. The largest absolute Gasteiger partial charge is 0.385 e. The molecule has 20 heavy (non-hydrogen) atoms. The maximum Gasteiger partial charge on any atom is 0.239 e. The molecule has 1 unspecified atom stereocenters. The van der Waals surface area contributed by atoms with E-state index in [1.54, 1.807) is 7.11 Å². The Kier molecular flexibility index (Phi) is 10.8. The first-order valence-corrected chi connectivity index (χ1v) is 7.91. The van der Waals surface area contributed by atoms with E-state index in [9.17, 15) is 4.79 Å². The van der Waals surface area contributed by atoms with Gasteiger partial charge in [-0.15, -0.1) is 0 Å². The molecular weight excluding hydrogens is 252 g/mol. The van der Waals surface area contributed by atoms with Crippen LogP contribution in [0.25, 0.3) is 0 Å². The standard InChI is InChI=1S/C16H34N2O2/c1-13(2)8-10-18(11-9-14(3)4)16(19)15(17)7-6-12-20-5/h13-15H,6-12,17H2,1-5H3. The molecule has 0 spiro atoms. The Labute approximate surface area is 125 Å². The lowest BCUT2D eigenvalue weighted by Crippen LogP contribution is -2.45. The van der Waals surface area contributed by atoms with Crippen molar-refractivity contribution in [2.75, 3.05) is 26.8 Å². The quantitative estimate of drug-likeness (QED) is 0.594. The SMILES string of the molecule is COCCCC(N)C(=O)N(CCC(C)C)CCC(C)C. The van der Waals surface area contributed by atoms with Crippen LogP contribution in [0, 0.1) is 11.8 Å². The molecule has 0 rings (SSSR count). The topological polar surface area (TPSA) is 55.6 Å². The predicted octanol–water partition coefficient (Wildman–Crippen LogP) is 2.66. The molecule has 1 amide bonds. The summed E-state index contributed by atoms with van der Waals surface area (Å²) in [5.74, 6) is 1.31. The number of hydrogen-bond donors (Lipinski definition) is 1. The van der Waals surface area contributed by atoms with Crippen LogP contribution in [0.2, 0.25) is 0 Å². The van der Waals surface area contributed by atoms with Crippen molar-refractivity contribution >= 4 is 5.91 Å². The first kappa shape index (κ1) is 19.4. The van der Waals surface area contributed by atoms with Crippen molar-refractivity contribution in [1.82, 2.24) is 4.90 Å². The number of methoxy groups -OCH3 is 1. The van der Waals surface area contributed by atoms with Gasteiger partial charge in [-0.2, -0.15) is 0 Å². The van der Waals surface area contributed by atoms with Gasteiger partial charge in [0.05, 0.1) is 6.04 Å². The second-order valence-electron chi connectivity index (χ2n) is 6.43. The fraction of sp³-hybridized carbons (Fsp3) is 0.938. The van der Waals surface area contributed by atoms with Crippen LogP contribution in [-0.2, 0) is 9.53 Å². The molecule has 2 N–H and O–H groups in total. The minimum absolute atomic E-state index is 0.0994. The summed E-state index contributed by atoms with van der Waals surface area (Å²) in [6.07, 6.45) is 3.61. The van der Waals surface area contributed by atoms with Gasteiger partial charge in [-0.25, -0.2) is 0 Å². The molecule has 0 saturated carbocycles. The van der Waals surface area contributed by atoms with Gasteiger partial charge in [0, 0.05) is 26.8 Å². The lowest BCUT2D eigenvalue weighted by molar-refractivity contribution is -0.133. The number of amides is 1. The molecule has 0 aromatic carbocycles. The summed E-state index contributed by atoms with van der Waals surface area (Å²) in [6.45, 7) is 11.0. The lowest BCUT2D eigenvalue weighted by atomic mass is 10.1. The highest BCUT2D eigenvalue weighted by atomic mass is 16.5. The Balaban J connectivity index is 4.36. The molecule has 0 saturated heterocycles. The van der Waals surface area contributed by atoms with E-state index in [0.29, 0.717) is 24.9 Å². The number of ether oxygens (including phenoxy) is 1. The van der Waals surface area contributed by atoms with E-state index in [4.69, 9.17) is 10.5 Å². The Morgan fingerprint density at radius 2 is 1.55 bits per heavy atom. The minimum atomic E-state index is -0.385. The first-order valence-electron chi connectivity index (χ1n) is 7.91. The van der Waals surface area contributed by atoms with E-state index in [1.807, 2.05) is 4.90 Å². The van der Waals surface area contributed by atoms with Crippen LogP contribution in [-0.4, -0.2) is 43.7 Å². The smallest absolute Gasteiger partial charge is 0.239 e. The van der Waals surface area contributed by atoms with Crippen molar-refractivity contribution in [3.8, 4) is 0 Å². The number of rotatable bonds is 11. The first-order chi connectivity index (χ1) is 9.38. The second kappa shape index (κ2) is 11.1. The van der Waals surface area contributed by atoms with Crippen molar-refractivity contribution in [2.45, 2.75) is 59.4 Å². The number of carbonyl (C=O) groups excluding carboxylic acids is 1. The van der Waals surface area contributed by atoms with Crippen LogP contribution in [0.15, 0.2) is 0 Å². The molecule has 0 heterocycles. The van der Waals surface area contributed by atoms with Crippen LogP contribution in [0.3, 0.4) is 0 Å². The normalized spacial score (nSPS) is 13.0. The van der Waals surface area contributed by atoms with Crippen LogP contribution < -0.4 is 5.73 Å². The fourth-order valence-electron chi connectivity index (χ4n) is 1.97. The van der Waals surface area contributed by atoms with E-state index < -0.39 is 0 Å². The molecule has 0 bridgehead atoms. The van der Waals surface area contributed by atoms with Crippen molar-refractivity contribution < 1.29 is 9.53 Å². The summed E-state index contributed by atoms with van der Waals surface area (Å²) < 4.78 is 5.01. The Morgan fingerprint density at radius 3 is 1.95 bits per heavy atom. The molecule has 4 heteroatoms. The zero-order valence-electron chi connectivity index (χ0n) is 14.0. The lowest BCUT2D eigenvalue weighted by Gasteiger charge is -2.27. The molecule has 120 valence electrons. The van der Waals surface area contributed by atoms with E-state index in [0.717, 1.165) is 32.4 Å². The van der Waals surface area contributed by atoms with Gasteiger partial charge < -0.3 is 15.4 Å². The van der Waals surface area contributed by atoms with Crippen LogP contribution in [0.5, 0.6) is 0 Å². The van der Waals surface area contributed by atoms with Crippen molar-refractivity contribution in [3.05, 3.63) is 0 Å². The monoisotopic (exact) mass is 286 g/mol. The van der Waals surface area contributed by atoms with Crippen molar-refractivity contribution in [3.63, 3.8) is 0 Å². The van der Waals surface area contributed by atoms with Crippen molar-refractivity contribution in [2.24, 2.45) is 17.6 Å². The van der Waals surface area contributed by atoms with E-state index in [2.05, 4.69) is 27.7 Å². The molecule has 0 aliphatic rings. The molecule has 0 aromatic heterocycles. The van der Waals surface area contributed by atoms with Gasteiger partial charge in [-0.05, 0) is 37.5 Å². The predicted molar refractivity (Wildman–Crippen MR) is 84.6 cm³/mol. The van der Waals surface area contributed by atoms with E-state index in [-0.39, 0.29) is 11.9 Å². The fourth-order valence-corrected chi connectivity index (χ4v) is 1.97. The molecular formula is C16H34N2O2. The maximum absolute atomic E-state index is 12.4. The molecule has 0 aliphatic heterocycles. The van der Waals surface area contributed by atoms with Gasteiger partial charge in [0.15, 0.2) is 0 Å². The van der Waals surface area contributed by atoms with Crippen LogP contribution in [0.1, 0.15) is 53.4 Å². The summed E-state index contributed by atoms with van der Waals surface area (Å²) in [7, 11) is 1.67. The zero-order valence-corrected chi connectivity index (χ0v) is 14.0. The Morgan fingerprint density at radius 1 is 1.05 bits per heavy atom. The average Bonchev–Trinajstić information content (AvgIpc) is 2.37. The molecule has 0 fully saturated rings. The molecule has 0 aliphatic carbocycles. The van der Waals surface area contributed by atoms with Crippen LogP contribution in [0.4, 0.5) is 0 Å². The maximum atomic E-state index is 12.4. The molecule has 0 aromatic rings. The number of nitrogens with zero attached hydrogens (tertiary/aromatic N) is 1. The third-order valence-electron chi connectivity index (χ3n) is 3.45. The third-order valence-corrected chi connectivity index (χ3v) is 3.45. The summed E-state index contributed by atoms with van der Waals surface area (Å²) >= 11 is 0. The van der Waals surface area contributed by atoms with Gasteiger partial charge in [0.25, 0.3) is 0 Å². The van der Waals surface area contributed by atoms with E-state index >= 15 is 0 Å². The number of hydrogen-bond acceptors (Lipinski definition) is 3. The van der Waals surface area contributed by atoms with Gasteiger partial charge in [-0.1, -0.05) is 27.7 Å². The summed E-state index contributed by atoms with van der Waals surface area (Å²) in [6, 6.07) is -0.385. The van der Waals surface area contributed by atoms with Gasteiger partial charge in [-0.3, -0.25) is 4.79 Å². The highest BCUT2D eigenvalue weighted by Crippen LogP contribution is 2.09. The highest BCUT2D eigenvalue weighted by molar-refractivity contribution is 5.81. The van der Waals surface area contributed by atoms with Crippen LogP contribution >= 0.6 is 0 Å². The van der Waals surface area contributed by atoms with Gasteiger partial charge in [0.2, 0.25) is 5.91 Å². The van der Waals surface area contributed by atoms with Crippen molar-refractivity contribution in [1.29, 1.82) is 0 Å². The number of nitrogens with two attached hydrogens (primary N) is 1. The third kappa shape index (κ3) is 9.32. The van der Waals surface area contributed by atoms with Gasteiger partial charge in [0.1, 0.15) is 0 Å². The average molecular weight is 286 g/mol. The minimum Gasteiger partial charge on any atom is -0.385 e. The number of carbonyl (C=O) groups is 1. The summed E-state index contributed by atoms with van der Waals surface area (Å²) in [5, 5.41) is 0. The molecule has 4 nitrogen and oxygen atoms in total. The highest BCUT2D eigenvalue weighted by Gasteiger charge is 2.20. The summed E-state index contributed by atoms with van der Waals surface area (Å²) in [5.41, 5.74) is 6.02. The van der Waals surface area contributed by atoms with E-state index in [1.165, 1.54) is 0 Å². The zero-order chi connectivity index (χ0) is 15.5. The van der Waals surface area contributed by atoms with Gasteiger partial charge >= 0.3 is 0 Å². The molecule has 0 radical (unpaired) electrons. The Hall–Kier alpha value is -0.610.